The minimum atomic E-state index is -0.451. The van der Waals surface area contributed by atoms with Gasteiger partial charge in [-0.2, -0.15) is 0 Å². The van der Waals surface area contributed by atoms with E-state index in [0.717, 1.165) is 18.7 Å². The third kappa shape index (κ3) is 5.31. The largest absolute Gasteiger partial charge is 0.446 e. The first-order valence-electron chi connectivity index (χ1n) is 9.05. The molecule has 9 heteroatoms. The monoisotopic (exact) mass is 406 g/mol. The summed E-state index contributed by atoms with van der Waals surface area (Å²) < 4.78 is 10.6. The molecular formula is C19H23ClN4O4. The van der Waals surface area contributed by atoms with E-state index in [1.54, 1.807) is 25.1 Å². The fourth-order valence-corrected chi connectivity index (χ4v) is 2.94. The van der Waals surface area contributed by atoms with Crippen molar-refractivity contribution in [3.8, 4) is 0 Å². The molecule has 1 aliphatic rings. The van der Waals surface area contributed by atoms with Crippen LogP contribution < -0.4 is 10.6 Å². The summed E-state index contributed by atoms with van der Waals surface area (Å²) in [5, 5.41) is 6.21. The van der Waals surface area contributed by atoms with Crippen molar-refractivity contribution in [1.82, 2.24) is 15.2 Å². The van der Waals surface area contributed by atoms with Crippen molar-refractivity contribution in [1.29, 1.82) is 0 Å². The first-order valence-corrected chi connectivity index (χ1v) is 9.42. The number of benzene rings is 1. The van der Waals surface area contributed by atoms with Crippen LogP contribution >= 0.6 is 11.6 Å². The number of hydrogen-bond donors (Lipinski definition) is 2. The Balaban J connectivity index is 1.55. The highest BCUT2D eigenvalue weighted by Gasteiger charge is 2.20. The molecule has 0 unspecified atom stereocenters. The van der Waals surface area contributed by atoms with Crippen LogP contribution in [0.15, 0.2) is 28.9 Å². The normalized spacial score (nSPS) is 15.8. The lowest BCUT2D eigenvalue weighted by Gasteiger charge is -2.26. The molecule has 0 aliphatic carbocycles. The fourth-order valence-electron chi connectivity index (χ4n) is 2.82. The number of oxazole rings is 1. The van der Waals surface area contributed by atoms with E-state index >= 15 is 0 Å². The van der Waals surface area contributed by atoms with Crippen LogP contribution in [0.25, 0.3) is 0 Å². The summed E-state index contributed by atoms with van der Waals surface area (Å²) in [4.78, 5) is 30.8. The molecule has 1 saturated heterocycles. The van der Waals surface area contributed by atoms with E-state index in [1.165, 1.54) is 6.26 Å². The molecule has 150 valence electrons. The van der Waals surface area contributed by atoms with Gasteiger partial charge in [0.05, 0.1) is 19.8 Å². The van der Waals surface area contributed by atoms with E-state index in [0.29, 0.717) is 23.9 Å². The van der Waals surface area contributed by atoms with Gasteiger partial charge in [0.25, 0.3) is 5.91 Å². The molecule has 0 saturated carbocycles. The van der Waals surface area contributed by atoms with Crippen LogP contribution in [0, 0.1) is 6.92 Å². The molecule has 1 aromatic heterocycles. The van der Waals surface area contributed by atoms with Crippen molar-refractivity contribution in [2.45, 2.75) is 19.9 Å². The molecule has 2 amide bonds. The molecule has 28 heavy (non-hydrogen) atoms. The maximum Gasteiger partial charge on any atom is 0.277 e. The summed E-state index contributed by atoms with van der Waals surface area (Å²) in [6.07, 6.45) is 1.28. The molecular weight excluding hydrogens is 384 g/mol. The maximum absolute atomic E-state index is 12.4. The van der Waals surface area contributed by atoms with Crippen molar-refractivity contribution in [3.05, 3.63) is 46.6 Å². The molecule has 2 N–H and O–H groups in total. The number of halogens is 1. The average molecular weight is 407 g/mol. The van der Waals surface area contributed by atoms with E-state index in [4.69, 9.17) is 20.8 Å². The van der Waals surface area contributed by atoms with Crippen LogP contribution in [0.1, 0.15) is 34.9 Å². The van der Waals surface area contributed by atoms with Gasteiger partial charge in [-0.1, -0.05) is 11.6 Å². The summed E-state index contributed by atoms with van der Waals surface area (Å²) in [5.74, 6) is -0.258. The van der Waals surface area contributed by atoms with Crippen LogP contribution in [0.5, 0.6) is 0 Å². The Morgan fingerprint density at radius 1 is 1.32 bits per heavy atom. The van der Waals surface area contributed by atoms with Crippen LogP contribution in [-0.4, -0.2) is 54.5 Å². The second-order valence-electron chi connectivity index (χ2n) is 6.67. The van der Waals surface area contributed by atoms with Gasteiger partial charge >= 0.3 is 0 Å². The van der Waals surface area contributed by atoms with Gasteiger partial charge in [-0.15, -0.1) is 0 Å². The standard InChI is InChI=1S/C19H23ClN4O4/c1-12-9-14(3-4-15(12)20)22-18(26)16-11-28-19(23-16)13(2)21-17(25)10-24-5-7-27-8-6-24/h3-4,9,11,13H,5-8,10H2,1-2H3,(H,21,25)(H,22,26)/t13-/m0/s1. The second kappa shape index (κ2) is 9.18. The van der Waals surface area contributed by atoms with E-state index in [2.05, 4.69) is 15.6 Å². The summed E-state index contributed by atoms with van der Waals surface area (Å²) in [6, 6.07) is 4.75. The summed E-state index contributed by atoms with van der Waals surface area (Å²) in [7, 11) is 0. The van der Waals surface area contributed by atoms with Gasteiger partial charge in [0.1, 0.15) is 12.3 Å². The van der Waals surface area contributed by atoms with E-state index in [-0.39, 0.29) is 24.0 Å². The number of aromatic nitrogens is 1. The van der Waals surface area contributed by atoms with Gasteiger partial charge in [0.15, 0.2) is 5.69 Å². The Bertz CT molecular complexity index is 848. The topological polar surface area (TPSA) is 96.7 Å². The number of nitrogens with zero attached hydrogens (tertiary/aromatic N) is 2. The molecule has 8 nitrogen and oxygen atoms in total. The van der Waals surface area contributed by atoms with Gasteiger partial charge in [0, 0.05) is 23.8 Å². The number of morpholine rings is 1. The molecule has 2 heterocycles. The summed E-state index contributed by atoms with van der Waals surface area (Å²) in [6.45, 7) is 6.63. The zero-order valence-electron chi connectivity index (χ0n) is 15.8. The molecule has 0 bridgehead atoms. The molecule has 0 radical (unpaired) electrons. The van der Waals surface area contributed by atoms with E-state index in [1.807, 2.05) is 11.8 Å². The number of carbonyl (C=O) groups excluding carboxylic acids is 2. The van der Waals surface area contributed by atoms with Gasteiger partial charge in [-0.25, -0.2) is 4.98 Å². The van der Waals surface area contributed by atoms with Gasteiger partial charge < -0.3 is 19.8 Å². The highest BCUT2D eigenvalue weighted by Crippen LogP contribution is 2.20. The third-order valence-corrected chi connectivity index (χ3v) is 4.81. The lowest BCUT2D eigenvalue weighted by Crippen LogP contribution is -2.43. The number of ether oxygens (including phenoxy) is 1. The highest BCUT2D eigenvalue weighted by atomic mass is 35.5. The lowest BCUT2D eigenvalue weighted by atomic mass is 10.2. The Hall–Kier alpha value is -2.42. The van der Waals surface area contributed by atoms with Crippen molar-refractivity contribution in [2.24, 2.45) is 0 Å². The smallest absolute Gasteiger partial charge is 0.277 e. The highest BCUT2D eigenvalue weighted by molar-refractivity contribution is 6.31. The molecule has 0 spiro atoms. The Morgan fingerprint density at radius 3 is 2.79 bits per heavy atom. The second-order valence-corrected chi connectivity index (χ2v) is 7.07. The first kappa shape index (κ1) is 20.3. The molecule has 3 rings (SSSR count). The average Bonchev–Trinajstić information content (AvgIpc) is 3.16. The lowest BCUT2D eigenvalue weighted by molar-refractivity contribution is -0.124. The Morgan fingerprint density at radius 2 is 2.07 bits per heavy atom. The summed E-state index contributed by atoms with van der Waals surface area (Å²) >= 11 is 5.99. The minimum absolute atomic E-state index is 0.129. The van der Waals surface area contributed by atoms with E-state index in [9.17, 15) is 9.59 Å². The molecule has 1 aromatic carbocycles. The fraction of sp³-hybridized carbons (Fsp3) is 0.421. The van der Waals surface area contributed by atoms with Crippen molar-refractivity contribution in [2.75, 3.05) is 38.2 Å². The maximum atomic E-state index is 12.4. The molecule has 2 aromatic rings. The van der Waals surface area contributed by atoms with Crippen molar-refractivity contribution >= 4 is 29.1 Å². The first-order chi connectivity index (χ1) is 13.4. The molecule has 1 aliphatic heterocycles. The number of nitrogens with one attached hydrogen (secondary N) is 2. The number of aryl methyl sites for hydroxylation is 1. The predicted octanol–water partition coefficient (Wildman–Crippen LogP) is 2.40. The number of carbonyl (C=O) groups is 2. The summed E-state index contributed by atoms with van der Waals surface area (Å²) in [5.41, 5.74) is 1.61. The SMILES string of the molecule is Cc1cc(NC(=O)c2coc([C@H](C)NC(=O)CN3CCOCC3)n2)ccc1Cl. The Labute approximate surface area is 168 Å². The quantitative estimate of drug-likeness (QED) is 0.764. The van der Waals surface area contributed by atoms with Crippen LogP contribution in [0.2, 0.25) is 5.02 Å². The number of rotatable bonds is 6. The van der Waals surface area contributed by atoms with Gasteiger partial charge in [-0.3, -0.25) is 14.5 Å². The van der Waals surface area contributed by atoms with Crippen LogP contribution in [-0.2, 0) is 9.53 Å². The van der Waals surface area contributed by atoms with Crippen LogP contribution in [0.4, 0.5) is 5.69 Å². The van der Waals surface area contributed by atoms with Gasteiger partial charge in [-0.05, 0) is 37.6 Å². The third-order valence-electron chi connectivity index (χ3n) is 4.39. The number of anilines is 1. The van der Waals surface area contributed by atoms with Crippen molar-refractivity contribution in [3.63, 3.8) is 0 Å². The predicted molar refractivity (Wildman–Crippen MR) is 104 cm³/mol. The van der Waals surface area contributed by atoms with E-state index < -0.39 is 11.9 Å². The number of amides is 2. The zero-order valence-corrected chi connectivity index (χ0v) is 16.6. The van der Waals surface area contributed by atoms with Crippen molar-refractivity contribution < 1.29 is 18.7 Å². The minimum Gasteiger partial charge on any atom is -0.446 e. The van der Waals surface area contributed by atoms with Crippen LogP contribution in [0.3, 0.4) is 0 Å². The number of hydrogen-bond acceptors (Lipinski definition) is 6. The van der Waals surface area contributed by atoms with Gasteiger partial charge in [0.2, 0.25) is 11.8 Å². The zero-order chi connectivity index (χ0) is 20.1. The Kier molecular flexibility index (Phi) is 6.66. The molecule has 1 fully saturated rings. The molecule has 1 atom stereocenters.